The fourth-order valence-corrected chi connectivity index (χ4v) is 7.10. The molecule has 14 heteroatoms. The van der Waals surface area contributed by atoms with Gasteiger partial charge in [-0.25, -0.2) is 4.57 Å². The van der Waals surface area contributed by atoms with E-state index in [1.54, 1.807) is 0 Å². The largest absolute Gasteiger partial charge is 0.472 e. The number of aliphatic hydroxyl groups excluding tert-OH is 5. The SMILES string of the molecule is CC/C=C/C/C=C/C/C=C/CCCCCCCC(=O)O[C@H](COC(=O)CCCCCCCCCCCCC)COP(=O)(O)OC1C(O)C(O)C(O)[C@@H](O)C1O. The van der Waals surface area contributed by atoms with Gasteiger partial charge in [0.25, 0.3) is 0 Å². The third-order valence-corrected chi connectivity index (χ3v) is 10.5. The first-order valence-corrected chi connectivity index (χ1v) is 22.3. The Bertz CT molecular complexity index is 1110. The van der Waals surface area contributed by atoms with Gasteiger partial charge < -0.3 is 39.9 Å². The predicted molar refractivity (Wildman–Crippen MR) is 212 cm³/mol. The molecule has 8 atom stereocenters. The number of ether oxygens (including phenoxy) is 2. The van der Waals surface area contributed by atoms with Crippen molar-refractivity contribution in [2.24, 2.45) is 0 Å². The van der Waals surface area contributed by atoms with E-state index >= 15 is 0 Å². The standard InChI is InChI=1S/C41H73O13P/c1-3-5-7-9-11-13-15-16-17-18-20-22-24-26-28-30-35(43)53-33(31-51-34(42)29-27-25-23-21-19-14-12-10-8-6-4-2)32-52-55(49,50)54-41-39(47)37(45)36(44)38(46)40(41)48/h5,7,11,13,16-17,33,36-41,44-48H,3-4,6,8-10,12,14-15,18-32H2,1-2H3,(H,49,50)/b7-5+,13-11+,17-16+/t33-,36?,37-,38?,39?,40?,41?/m1/s1. The minimum absolute atomic E-state index is 0.0781. The molecule has 6 N–H and O–H groups in total. The maximum Gasteiger partial charge on any atom is 0.472 e. The van der Waals surface area contributed by atoms with Crippen LogP contribution in [0.1, 0.15) is 155 Å². The Hall–Kier alpha value is -1.93. The summed E-state index contributed by atoms with van der Waals surface area (Å²) in [6.45, 7) is 3.14. The van der Waals surface area contributed by atoms with Gasteiger partial charge in [-0.15, -0.1) is 0 Å². The van der Waals surface area contributed by atoms with E-state index in [-0.39, 0.29) is 12.8 Å². The van der Waals surface area contributed by atoms with Crippen LogP contribution in [0, 0.1) is 0 Å². The summed E-state index contributed by atoms with van der Waals surface area (Å²) in [5, 5.41) is 50.0. The van der Waals surface area contributed by atoms with Crippen LogP contribution >= 0.6 is 7.82 Å². The monoisotopic (exact) mass is 804 g/mol. The van der Waals surface area contributed by atoms with Gasteiger partial charge in [0, 0.05) is 12.8 Å². The van der Waals surface area contributed by atoms with Gasteiger partial charge in [0.2, 0.25) is 0 Å². The van der Waals surface area contributed by atoms with Crippen LogP contribution in [-0.4, -0.2) is 98.3 Å². The molecule has 0 spiro atoms. The molecule has 320 valence electrons. The van der Waals surface area contributed by atoms with Crippen molar-refractivity contribution in [2.75, 3.05) is 13.2 Å². The number of hydrogen-bond donors (Lipinski definition) is 6. The summed E-state index contributed by atoms with van der Waals surface area (Å²) in [5.41, 5.74) is 0. The van der Waals surface area contributed by atoms with Crippen LogP contribution < -0.4 is 0 Å². The first-order chi connectivity index (χ1) is 26.4. The number of phosphoric ester groups is 1. The van der Waals surface area contributed by atoms with Crippen molar-refractivity contribution in [1.29, 1.82) is 0 Å². The lowest BCUT2D eigenvalue weighted by molar-refractivity contribution is -0.220. The molecule has 1 rings (SSSR count). The minimum Gasteiger partial charge on any atom is -0.462 e. The highest BCUT2D eigenvalue weighted by Crippen LogP contribution is 2.47. The van der Waals surface area contributed by atoms with Gasteiger partial charge in [0.15, 0.2) is 6.10 Å². The molecular formula is C41H73O13P. The Labute approximate surface area is 329 Å². The Kier molecular flexibility index (Phi) is 29.8. The molecule has 1 aliphatic rings. The quantitative estimate of drug-likeness (QED) is 0.0170. The Balaban J connectivity index is 2.52. The smallest absolute Gasteiger partial charge is 0.462 e. The Morgan fingerprint density at radius 1 is 0.582 bits per heavy atom. The number of aliphatic hydroxyl groups is 5. The maximum atomic E-state index is 12.8. The van der Waals surface area contributed by atoms with Crippen molar-refractivity contribution >= 4 is 19.8 Å². The number of esters is 2. The number of hydrogen-bond acceptors (Lipinski definition) is 12. The molecule has 0 aromatic rings. The van der Waals surface area contributed by atoms with Crippen molar-refractivity contribution in [2.45, 2.75) is 198 Å². The molecule has 1 saturated carbocycles. The summed E-state index contributed by atoms with van der Waals surface area (Å²) in [7, 11) is -5.11. The van der Waals surface area contributed by atoms with Crippen molar-refractivity contribution in [3.05, 3.63) is 36.5 Å². The number of rotatable bonds is 33. The Morgan fingerprint density at radius 2 is 1.04 bits per heavy atom. The summed E-state index contributed by atoms with van der Waals surface area (Å²) in [6, 6.07) is 0. The highest BCUT2D eigenvalue weighted by atomic mass is 31.2. The highest BCUT2D eigenvalue weighted by Gasteiger charge is 2.51. The van der Waals surface area contributed by atoms with Gasteiger partial charge in [-0.1, -0.05) is 134 Å². The van der Waals surface area contributed by atoms with E-state index in [9.17, 15) is 44.6 Å². The number of phosphoric acid groups is 1. The third-order valence-electron chi connectivity index (χ3n) is 9.50. The average molecular weight is 805 g/mol. The first-order valence-electron chi connectivity index (χ1n) is 20.8. The maximum absolute atomic E-state index is 12.8. The van der Waals surface area contributed by atoms with E-state index in [1.807, 2.05) is 0 Å². The van der Waals surface area contributed by atoms with Crippen LogP contribution in [0.3, 0.4) is 0 Å². The van der Waals surface area contributed by atoms with Crippen molar-refractivity contribution in [1.82, 2.24) is 0 Å². The molecule has 0 amide bonds. The zero-order chi connectivity index (χ0) is 40.7. The lowest BCUT2D eigenvalue weighted by Gasteiger charge is -2.41. The van der Waals surface area contributed by atoms with E-state index in [4.69, 9.17) is 18.5 Å². The van der Waals surface area contributed by atoms with E-state index in [0.717, 1.165) is 70.6 Å². The van der Waals surface area contributed by atoms with Gasteiger partial charge >= 0.3 is 19.8 Å². The number of carbonyl (C=O) groups excluding carboxylic acids is 2. The third kappa shape index (κ3) is 25.1. The van der Waals surface area contributed by atoms with Crippen LogP contribution in [0.25, 0.3) is 0 Å². The van der Waals surface area contributed by atoms with E-state index in [1.165, 1.54) is 44.9 Å². The molecule has 6 unspecified atom stereocenters. The first kappa shape index (κ1) is 51.1. The molecule has 13 nitrogen and oxygen atoms in total. The number of carbonyl (C=O) groups is 2. The molecule has 0 aromatic heterocycles. The minimum atomic E-state index is -5.11. The molecule has 0 saturated heterocycles. The van der Waals surface area contributed by atoms with Gasteiger partial charge in [-0.2, -0.15) is 0 Å². The molecule has 1 fully saturated rings. The van der Waals surface area contributed by atoms with E-state index in [2.05, 4.69) is 50.3 Å². The summed E-state index contributed by atoms with van der Waals surface area (Å²) >= 11 is 0. The van der Waals surface area contributed by atoms with Gasteiger partial charge in [0.1, 0.15) is 43.2 Å². The lowest BCUT2D eigenvalue weighted by Crippen LogP contribution is -2.64. The molecule has 0 radical (unpaired) electrons. The molecule has 55 heavy (non-hydrogen) atoms. The summed E-state index contributed by atoms with van der Waals surface area (Å²) < 4.78 is 33.4. The lowest BCUT2D eigenvalue weighted by atomic mass is 9.85. The second-order valence-corrected chi connectivity index (χ2v) is 15.9. The molecule has 0 aliphatic heterocycles. The van der Waals surface area contributed by atoms with Crippen LogP contribution in [-0.2, 0) is 32.7 Å². The molecule has 0 heterocycles. The Morgan fingerprint density at radius 3 is 1.58 bits per heavy atom. The average Bonchev–Trinajstić information content (AvgIpc) is 3.16. The molecular weight excluding hydrogens is 731 g/mol. The van der Waals surface area contributed by atoms with Crippen LogP contribution in [0.15, 0.2) is 36.5 Å². The van der Waals surface area contributed by atoms with E-state index in [0.29, 0.717) is 12.8 Å². The zero-order valence-corrected chi connectivity index (χ0v) is 34.4. The predicted octanol–water partition coefficient (Wildman–Crippen LogP) is 7.05. The highest BCUT2D eigenvalue weighted by molar-refractivity contribution is 7.47. The molecule has 1 aliphatic carbocycles. The fourth-order valence-electron chi connectivity index (χ4n) is 6.12. The summed E-state index contributed by atoms with van der Waals surface area (Å²) in [4.78, 5) is 35.5. The van der Waals surface area contributed by atoms with Crippen LogP contribution in [0.2, 0.25) is 0 Å². The second kappa shape index (κ2) is 32.1. The summed E-state index contributed by atoms with van der Waals surface area (Å²) in [5.74, 6) is -1.12. The zero-order valence-electron chi connectivity index (χ0n) is 33.5. The van der Waals surface area contributed by atoms with Crippen molar-refractivity contribution in [3.8, 4) is 0 Å². The number of allylic oxidation sites excluding steroid dienone is 6. The second-order valence-electron chi connectivity index (χ2n) is 14.5. The molecule has 0 aromatic carbocycles. The summed E-state index contributed by atoms with van der Waals surface area (Å²) in [6.07, 6.45) is 20.7. The van der Waals surface area contributed by atoms with Crippen LogP contribution in [0.4, 0.5) is 0 Å². The topological polar surface area (TPSA) is 210 Å². The molecule has 0 bridgehead atoms. The number of unbranched alkanes of at least 4 members (excludes halogenated alkanes) is 15. The van der Waals surface area contributed by atoms with Gasteiger partial charge in [-0.3, -0.25) is 18.6 Å². The fraction of sp³-hybridized carbons (Fsp3) is 0.805. The van der Waals surface area contributed by atoms with Gasteiger partial charge in [0.05, 0.1) is 6.61 Å². The normalized spacial score (nSPS) is 23.4. The van der Waals surface area contributed by atoms with Crippen LogP contribution in [0.5, 0.6) is 0 Å². The van der Waals surface area contributed by atoms with Crippen molar-refractivity contribution in [3.63, 3.8) is 0 Å². The van der Waals surface area contributed by atoms with Crippen molar-refractivity contribution < 1.29 is 63.1 Å². The van der Waals surface area contributed by atoms with Gasteiger partial charge in [-0.05, 0) is 44.9 Å². The van der Waals surface area contributed by atoms with E-state index < -0.39 is 75.7 Å².